The van der Waals surface area contributed by atoms with Crippen molar-refractivity contribution in [1.82, 2.24) is 5.32 Å². The fourth-order valence-electron chi connectivity index (χ4n) is 3.77. The minimum Gasteiger partial charge on any atom is -0.307 e. The largest absolute Gasteiger partial charge is 0.307 e. The second-order valence-corrected chi connectivity index (χ2v) is 7.18. The van der Waals surface area contributed by atoms with E-state index in [2.05, 4.69) is 59.0 Å². The highest BCUT2D eigenvalue weighted by Gasteiger charge is 2.26. The molecule has 0 bridgehead atoms. The van der Waals surface area contributed by atoms with Crippen LogP contribution in [0.5, 0.6) is 0 Å². The van der Waals surface area contributed by atoms with Crippen molar-refractivity contribution in [2.24, 2.45) is 11.8 Å². The summed E-state index contributed by atoms with van der Waals surface area (Å²) in [6.45, 7) is 13.8. The molecule has 0 spiro atoms. The molecule has 0 radical (unpaired) electrons. The topological polar surface area (TPSA) is 12.0 Å². The fourth-order valence-corrected chi connectivity index (χ4v) is 3.77. The number of benzene rings is 1. The van der Waals surface area contributed by atoms with Gasteiger partial charge in [-0.3, -0.25) is 0 Å². The molecule has 1 saturated carbocycles. The summed E-state index contributed by atoms with van der Waals surface area (Å²) in [5.41, 5.74) is 5.70. The zero-order chi connectivity index (χ0) is 14.9. The number of nitrogens with one attached hydrogen (secondary N) is 1. The van der Waals surface area contributed by atoms with Crippen LogP contribution in [0.15, 0.2) is 12.1 Å². The van der Waals surface area contributed by atoms with Crippen LogP contribution >= 0.6 is 0 Å². The van der Waals surface area contributed by atoms with Crippen LogP contribution in [0.1, 0.15) is 68.3 Å². The Morgan fingerprint density at radius 2 is 1.65 bits per heavy atom. The van der Waals surface area contributed by atoms with E-state index in [0.29, 0.717) is 12.1 Å². The zero-order valence-corrected chi connectivity index (χ0v) is 14.1. The predicted octanol–water partition coefficient (Wildman–Crippen LogP) is 5.09. The summed E-state index contributed by atoms with van der Waals surface area (Å²) >= 11 is 0. The van der Waals surface area contributed by atoms with Gasteiger partial charge in [0.05, 0.1) is 0 Å². The van der Waals surface area contributed by atoms with Crippen LogP contribution in [0.25, 0.3) is 0 Å². The van der Waals surface area contributed by atoms with Crippen molar-refractivity contribution in [3.8, 4) is 0 Å². The van der Waals surface area contributed by atoms with Gasteiger partial charge >= 0.3 is 0 Å². The summed E-state index contributed by atoms with van der Waals surface area (Å²) in [5.74, 6) is 1.70. The van der Waals surface area contributed by atoms with Crippen molar-refractivity contribution in [2.45, 2.75) is 72.9 Å². The molecule has 0 heterocycles. The molecule has 1 aromatic rings. The Morgan fingerprint density at radius 3 is 2.30 bits per heavy atom. The third-order valence-corrected chi connectivity index (χ3v) is 5.24. The van der Waals surface area contributed by atoms with Crippen molar-refractivity contribution < 1.29 is 0 Å². The van der Waals surface area contributed by atoms with Crippen LogP contribution in [0.3, 0.4) is 0 Å². The standard InChI is InChI=1S/C19H31N/c1-12-7-8-19(16(5)9-12)20-17(6)18-11-14(3)13(2)10-15(18)4/h10-12,16-17,19-20H,7-9H2,1-6H3. The highest BCUT2D eigenvalue weighted by atomic mass is 15.0. The van der Waals surface area contributed by atoms with Gasteiger partial charge in [-0.2, -0.15) is 0 Å². The monoisotopic (exact) mass is 273 g/mol. The molecule has 1 nitrogen and oxygen atoms in total. The molecule has 1 aliphatic rings. The summed E-state index contributed by atoms with van der Waals surface area (Å²) in [5, 5.41) is 3.89. The molecule has 1 fully saturated rings. The first-order chi connectivity index (χ1) is 9.38. The second kappa shape index (κ2) is 6.30. The van der Waals surface area contributed by atoms with E-state index in [4.69, 9.17) is 0 Å². The minimum absolute atomic E-state index is 0.454. The van der Waals surface area contributed by atoms with E-state index >= 15 is 0 Å². The number of hydrogen-bond acceptors (Lipinski definition) is 1. The van der Waals surface area contributed by atoms with E-state index in [-0.39, 0.29) is 0 Å². The Labute approximate surface area is 125 Å². The quantitative estimate of drug-likeness (QED) is 0.809. The lowest BCUT2D eigenvalue weighted by atomic mass is 9.79. The van der Waals surface area contributed by atoms with Crippen LogP contribution in [0, 0.1) is 32.6 Å². The normalized spacial score (nSPS) is 28.4. The molecule has 0 saturated heterocycles. The Morgan fingerprint density at radius 1 is 1.00 bits per heavy atom. The summed E-state index contributed by atoms with van der Waals surface area (Å²) in [7, 11) is 0. The van der Waals surface area contributed by atoms with Gasteiger partial charge in [-0.1, -0.05) is 26.0 Å². The number of hydrogen-bond donors (Lipinski definition) is 1. The second-order valence-electron chi connectivity index (χ2n) is 7.18. The van der Waals surface area contributed by atoms with Gasteiger partial charge in [0.15, 0.2) is 0 Å². The average molecular weight is 273 g/mol. The molecule has 0 aromatic heterocycles. The van der Waals surface area contributed by atoms with Crippen LogP contribution in [0.4, 0.5) is 0 Å². The van der Waals surface area contributed by atoms with Crippen LogP contribution < -0.4 is 5.32 Å². The summed E-state index contributed by atoms with van der Waals surface area (Å²) in [6, 6.07) is 5.84. The first-order valence-electron chi connectivity index (χ1n) is 8.22. The third-order valence-electron chi connectivity index (χ3n) is 5.24. The SMILES string of the molecule is Cc1cc(C)c(C(C)NC2CCC(C)CC2C)cc1C. The number of aryl methyl sites for hydroxylation is 3. The lowest BCUT2D eigenvalue weighted by molar-refractivity contribution is 0.216. The average Bonchev–Trinajstić information content (AvgIpc) is 2.37. The molecule has 0 amide bonds. The Hall–Kier alpha value is -0.820. The van der Waals surface area contributed by atoms with Crippen molar-refractivity contribution in [3.63, 3.8) is 0 Å². The predicted molar refractivity (Wildman–Crippen MR) is 88.2 cm³/mol. The zero-order valence-electron chi connectivity index (χ0n) is 14.1. The molecule has 1 heteroatoms. The van der Waals surface area contributed by atoms with Gasteiger partial charge in [-0.05, 0) is 81.0 Å². The molecular formula is C19H31N. The molecule has 0 aliphatic heterocycles. The molecular weight excluding hydrogens is 242 g/mol. The van der Waals surface area contributed by atoms with Crippen molar-refractivity contribution in [2.75, 3.05) is 0 Å². The van der Waals surface area contributed by atoms with Crippen molar-refractivity contribution in [1.29, 1.82) is 0 Å². The molecule has 4 atom stereocenters. The molecule has 1 aliphatic carbocycles. The smallest absolute Gasteiger partial charge is 0.0297 e. The van der Waals surface area contributed by atoms with Crippen LogP contribution in [0.2, 0.25) is 0 Å². The Kier molecular flexibility index (Phi) is 4.90. The Balaban J connectivity index is 2.08. The van der Waals surface area contributed by atoms with Gasteiger partial charge in [-0.15, -0.1) is 0 Å². The molecule has 20 heavy (non-hydrogen) atoms. The Bertz CT molecular complexity index is 463. The maximum atomic E-state index is 3.89. The van der Waals surface area contributed by atoms with Crippen molar-refractivity contribution >= 4 is 0 Å². The minimum atomic E-state index is 0.454. The van der Waals surface area contributed by atoms with Gasteiger partial charge in [0.1, 0.15) is 0 Å². The van der Waals surface area contributed by atoms with E-state index in [0.717, 1.165) is 11.8 Å². The van der Waals surface area contributed by atoms with E-state index in [1.165, 1.54) is 41.5 Å². The van der Waals surface area contributed by atoms with Crippen LogP contribution in [-0.2, 0) is 0 Å². The molecule has 1 aromatic carbocycles. The maximum Gasteiger partial charge on any atom is 0.0297 e. The van der Waals surface area contributed by atoms with E-state index < -0.39 is 0 Å². The summed E-state index contributed by atoms with van der Waals surface area (Å²) < 4.78 is 0. The van der Waals surface area contributed by atoms with Gasteiger partial charge in [0, 0.05) is 12.1 Å². The van der Waals surface area contributed by atoms with Crippen LogP contribution in [-0.4, -0.2) is 6.04 Å². The summed E-state index contributed by atoms with van der Waals surface area (Å²) in [6.07, 6.45) is 4.08. The maximum absolute atomic E-state index is 3.89. The highest BCUT2D eigenvalue weighted by molar-refractivity contribution is 5.38. The molecule has 112 valence electrons. The van der Waals surface area contributed by atoms with Gasteiger partial charge in [0.2, 0.25) is 0 Å². The highest BCUT2D eigenvalue weighted by Crippen LogP contribution is 2.31. The fraction of sp³-hybridized carbons (Fsp3) is 0.684. The third kappa shape index (κ3) is 3.44. The molecule has 2 rings (SSSR count). The lowest BCUT2D eigenvalue weighted by Gasteiger charge is -2.35. The van der Waals surface area contributed by atoms with E-state index in [1.54, 1.807) is 0 Å². The van der Waals surface area contributed by atoms with Gasteiger partial charge in [0.25, 0.3) is 0 Å². The number of rotatable bonds is 3. The first-order valence-corrected chi connectivity index (χ1v) is 8.22. The first kappa shape index (κ1) is 15.6. The van der Waals surface area contributed by atoms with Crippen molar-refractivity contribution in [3.05, 3.63) is 34.4 Å². The summed E-state index contributed by atoms with van der Waals surface area (Å²) in [4.78, 5) is 0. The van der Waals surface area contributed by atoms with Gasteiger partial charge in [-0.25, -0.2) is 0 Å². The van der Waals surface area contributed by atoms with Gasteiger partial charge < -0.3 is 5.32 Å². The van der Waals surface area contributed by atoms with E-state index in [9.17, 15) is 0 Å². The van der Waals surface area contributed by atoms with E-state index in [1.807, 2.05) is 0 Å². The lowest BCUT2D eigenvalue weighted by Crippen LogP contribution is -2.40. The molecule has 1 N–H and O–H groups in total. The molecule has 4 unspecified atom stereocenters.